The standard InChI is InChI=1S/C7H7NO4S/c9-2-3-1-8-5(10)4(7(11)12)6(8)13-3/h1,4,6,9H,2H2,(H,11,12)/t4?,6-/m0/s1. The fourth-order valence-corrected chi connectivity index (χ4v) is 2.60. The highest BCUT2D eigenvalue weighted by Gasteiger charge is 2.54. The van der Waals surface area contributed by atoms with Crippen LogP contribution in [-0.4, -0.2) is 39.0 Å². The molecule has 0 bridgehead atoms. The Bertz CT molecular complexity index is 314. The van der Waals surface area contributed by atoms with E-state index in [-0.39, 0.29) is 12.0 Å². The maximum atomic E-state index is 11.2. The van der Waals surface area contributed by atoms with E-state index in [0.717, 1.165) is 0 Å². The first kappa shape index (κ1) is 8.58. The lowest BCUT2D eigenvalue weighted by molar-refractivity contribution is -0.160. The number of aliphatic hydroxyl groups excluding tert-OH is 1. The highest BCUT2D eigenvalue weighted by Crippen LogP contribution is 2.44. The van der Waals surface area contributed by atoms with Gasteiger partial charge >= 0.3 is 5.97 Å². The SMILES string of the molecule is O=C(O)C1C(=O)N2C=C(CO)S[C@@H]12. The molecule has 2 rings (SSSR count). The maximum Gasteiger partial charge on any atom is 0.319 e. The summed E-state index contributed by atoms with van der Waals surface area (Å²) in [6, 6.07) is 0. The molecule has 1 fully saturated rings. The summed E-state index contributed by atoms with van der Waals surface area (Å²) in [6.07, 6.45) is 1.51. The van der Waals surface area contributed by atoms with Crippen molar-refractivity contribution in [3.8, 4) is 0 Å². The number of β-lactam (4-membered cyclic amide) rings is 1. The largest absolute Gasteiger partial charge is 0.481 e. The lowest BCUT2D eigenvalue weighted by Crippen LogP contribution is -2.57. The van der Waals surface area contributed by atoms with Gasteiger partial charge in [0.15, 0.2) is 5.92 Å². The van der Waals surface area contributed by atoms with Gasteiger partial charge in [-0.25, -0.2) is 0 Å². The van der Waals surface area contributed by atoms with Crippen molar-refractivity contribution < 1.29 is 19.8 Å². The molecule has 0 aliphatic carbocycles. The molecule has 2 atom stereocenters. The van der Waals surface area contributed by atoms with Crippen LogP contribution in [0, 0.1) is 5.92 Å². The average molecular weight is 201 g/mol. The van der Waals surface area contributed by atoms with E-state index in [1.807, 2.05) is 0 Å². The first-order chi connectivity index (χ1) is 6.15. The van der Waals surface area contributed by atoms with Crippen LogP contribution in [-0.2, 0) is 9.59 Å². The Morgan fingerprint density at radius 2 is 2.38 bits per heavy atom. The van der Waals surface area contributed by atoms with Gasteiger partial charge in [0.1, 0.15) is 5.37 Å². The normalized spacial score (nSPS) is 31.0. The van der Waals surface area contributed by atoms with Crippen molar-refractivity contribution in [2.24, 2.45) is 5.92 Å². The highest BCUT2D eigenvalue weighted by atomic mass is 32.2. The Morgan fingerprint density at radius 1 is 1.69 bits per heavy atom. The number of carbonyl (C=O) groups excluding carboxylic acids is 1. The molecular weight excluding hydrogens is 194 g/mol. The predicted octanol–water partition coefficient (Wildman–Crippen LogP) is -0.564. The van der Waals surface area contributed by atoms with Crippen LogP contribution in [0.25, 0.3) is 0 Å². The molecule has 2 N–H and O–H groups in total. The minimum Gasteiger partial charge on any atom is -0.481 e. The molecule has 0 aromatic carbocycles. The molecule has 6 heteroatoms. The summed E-state index contributed by atoms with van der Waals surface area (Å²) in [5.41, 5.74) is 0. The predicted molar refractivity (Wildman–Crippen MR) is 44.5 cm³/mol. The Kier molecular flexibility index (Phi) is 1.81. The first-order valence-electron chi connectivity index (χ1n) is 3.68. The van der Waals surface area contributed by atoms with Gasteiger partial charge in [0.05, 0.1) is 6.61 Å². The van der Waals surface area contributed by atoms with Gasteiger partial charge in [-0.3, -0.25) is 9.59 Å². The van der Waals surface area contributed by atoms with Crippen molar-refractivity contribution in [2.45, 2.75) is 5.37 Å². The van der Waals surface area contributed by atoms with E-state index in [4.69, 9.17) is 10.2 Å². The summed E-state index contributed by atoms with van der Waals surface area (Å²) in [4.78, 5) is 23.7. The maximum absolute atomic E-state index is 11.2. The second kappa shape index (κ2) is 2.74. The lowest BCUT2D eigenvalue weighted by atomic mass is 9.99. The molecule has 0 aromatic rings. The number of hydrogen-bond donors (Lipinski definition) is 2. The van der Waals surface area contributed by atoms with Crippen LogP contribution in [0.3, 0.4) is 0 Å². The summed E-state index contributed by atoms with van der Waals surface area (Å²) < 4.78 is 0. The molecule has 2 aliphatic heterocycles. The molecule has 0 radical (unpaired) electrons. The minimum absolute atomic E-state index is 0.142. The zero-order chi connectivity index (χ0) is 9.59. The molecular formula is C7H7NO4S. The summed E-state index contributed by atoms with van der Waals surface area (Å²) >= 11 is 1.24. The summed E-state index contributed by atoms with van der Waals surface area (Å²) in [5, 5.41) is 17.1. The second-order valence-corrected chi connectivity index (χ2v) is 4.07. The van der Waals surface area contributed by atoms with Gasteiger partial charge in [-0.2, -0.15) is 0 Å². The third-order valence-corrected chi connectivity index (χ3v) is 3.33. The topological polar surface area (TPSA) is 77.8 Å². The number of hydrogen-bond acceptors (Lipinski definition) is 4. The van der Waals surface area contributed by atoms with Crippen molar-refractivity contribution in [3.63, 3.8) is 0 Å². The van der Waals surface area contributed by atoms with Crippen molar-refractivity contribution in [1.82, 2.24) is 4.90 Å². The van der Waals surface area contributed by atoms with Crippen LogP contribution in [0.1, 0.15) is 0 Å². The van der Waals surface area contributed by atoms with Gasteiger partial charge in [0, 0.05) is 11.1 Å². The quantitative estimate of drug-likeness (QED) is 0.462. The zero-order valence-corrected chi connectivity index (χ0v) is 7.32. The van der Waals surface area contributed by atoms with E-state index >= 15 is 0 Å². The molecule has 1 amide bonds. The molecule has 2 heterocycles. The van der Waals surface area contributed by atoms with Crippen LogP contribution in [0.5, 0.6) is 0 Å². The minimum atomic E-state index is -1.09. The average Bonchev–Trinajstić information content (AvgIpc) is 2.43. The summed E-state index contributed by atoms with van der Waals surface area (Å²) in [5.74, 6) is -2.43. The molecule has 1 unspecified atom stereocenters. The molecule has 2 aliphatic rings. The van der Waals surface area contributed by atoms with Crippen LogP contribution in [0.15, 0.2) is 11.1 Å². The third kappa shape index (κ3) is 1.06. The van der Waals surface area contributed by atoms with Crippen LogP contribution >= 0.6 is 11.8 Å². The number of nitrogens with zero attached hydrogens (tertiary/aromatic N) is 1. The van der Waals surface area contributed by atoms with Crippen LogP contribution in [0.2, 0.25) is 0 Å². The van der Waals surface area contributed by atoms with Gasteiger partial charge in [-0.05, 0) is 0 Å². The van der Waals surface area contributed by atoms with Gasteiger partial charge in [0.25, 0.3) is 0 Å². The zero-order valence-electron chi connectivity index (χ0n) is 6.51. The fraction of sp³-hybridized carbons (Fsp3) is 0.429. The molecule has 70 valence electrons. The van der Waals surface area contributed by atoms with E-state index in [1.54, 1.807) is 0 Å². The van der Waals surface area contributed by atoms with Gasteiger partial charge in [-0.15, -0.1) is 0 Å². The van der Waals surface area contributed by atoms with E-state index in [9.17, 15) is 9.59 Å². The van der Waals surface area contributed by atoms with Crippen molar-refractivity contribution >= 4 is 23.6 Å². The van der Waals surface area contributed by atoms with E-state index < -0.39 is 17.8 Å². The first-order valence-corrected chi connectivity index (χ1v) is 4.56. The number of thioether (sulfide) groups is 1. The number of aliphatic hydroxyl groups is 1. The van der Waals surface area contributed by atoms with E-state index in [2.05, 4.69) is 0 Å². The smallest absolute Gasteiger partial charge is 0.319 e. The molecule has 5 nitrogen and oxygen atoms in total. The number of aliphatic carboxylic acids is 1. The third-order valence-electron chi connectivity index (χ3n) is 2.06. The van der Waals surface area contributed by atoms with Crippen molar-refractivity contribution in [3.05, 3.63) is 11.1 Å². The number of carbonyl (C=O) groups is 2. The highest BCUT2D eigenvalue weighted by molar-refractivity contribution is 8.04. The van der Waals surface area contributed by atoms with E-state index in [0.29, 0.717) is 4.91 Å². The van der Waals surface area contributed by atoms with E-state index in [1.165, 1.54) is 22.9 Å². The number of carboxylic acids is 1. The molecule has 0 spiro atoms. The fourth-order valence-electron chi connectivity index (χ4n) is 1.39. The lowest BCUT2D eigenvalue weighted by Gasteiger charge is -2.37. The number of rotatable bonds is 2. The van der Waals surface area contributed by atoms with Crippen molar-refractivity contribution in [1.29, 1.82) is 0 Å². The molecule has 1 saturated heterocycles. The molecule has 0 saturated carbocycles. The van der Waals surface area contributed by atoms with Crippen molar-refractivity contribution in [2.75, 3.05) is 6.61 Å². The van der Waals surface area contributed by atoms with Crippen LogP contribution in [0.4, 0.5) is 0 Å². The second-order valence-electron chi connectivity index (χ2n) is 2.82. The van der Waals surface area contributed by atoms with Gasteiger partial charge in [-0.1, -0.05) is 11.8 Å². The number of amides is 1. The summed E-state index contributed by atoms with van der Waals surface area (Å²) in [7, 11) is 0. The number of carboxylic acid groups (broad SMARTS) is 1. The van der Waals surface area contributed by atoms with Crippen LogP contribution < -0.4 is 0 Å². The Morgan fingerprint density at radius 3 is 2.92 bits per heavy atom. The Balaban J connectivity index is 2.14. The van der Waals surface area contributed by atoms with Gasteiger partial charge in [0.2, 0.25) is 5.91 Å². The van der Waals surface area contributed by atoms with Gasteiger partial charge < -0.3 is 15.1 Å². The monoisotopic (exact) mass is 201 g/mol. The Labute approximate surface area is 78.0 Å². The molecule has 0 aromatic heterocycles. The summed E-state index contributed by atoms with van der Waals surface area (Å²) in [6.45, 7) is -0.142. The number of fused-ring (bicyclic) bond motifs is 1. The Hall–Kier alpha value is -1.01. The molecule has 13 heavy (non-hydrogen) atoms.